The van der Waals surface area contributed by atoms with Crippen LogP contribution in [-0.2, 0) is 20.5 Å². The molecular formula is C21H18Cl2F3NO5. The Morgan fingerprint density at radius 3 is 2.50 bits per heavy atom. The highest BCUT2D eigenvalue weighted by molar-refractivity contribution is 6.34. The first-order valence-electron chi connectivity index (χ1n) is 9.07. The van der Waals surface area contributed by atoms with Gasteiger partial charge in [0.05, 0.1) is 35.0 Å². The van der Waals surface area contributed by atoms with Crippen LogP contribution < -0.4 is 14.8 Å². The largest absolute Gasteiger partial charge is 0.491 e. The molecule has 0 heterocycles. The highest BCUT2D eigenvalue weighted by atomic mass is 35.5. The third-order valence-corrected chi connectivity index (χ3v) is 4.47. The summed E-state index contributed by atoms with van der Waals surface area (Å²) in [4.78, 5) is 23.9. The van der Waals surface area contributed by atoms with Crippen molar-refractivity contribution in [3.8, 4) is 11.5 Å². The van der Waals surface area contributed by atoms with Gasteiger partial charge in [-0.25, -0.2) is 4.79 Å². The first-order valence-corrected chi connectivity index (χ1v) is 9.83. The van der Waals surface area contributed by atoms with Gasteiger partial charge in [0.2, 0.25) is 0 Å². The van der Waals surface area contributed by atoms with Gasteiger partial charge in [-0.05, 0) is 42.8 Å². The van der Waals surface area contributed by atoms with Crippen LogP contribution in [0.3, 0.4) is 0 Å². The summed E-state index contributed by atoms with van der Waals surface area (Å²) in [5.74, 6) is -1.19. The van der Waals surface area contributed by atoms with Crippen LogP contribution in [0.15, 0.2) is 36.4 Å². The number of hydrogen-bond donors (Lipinski definition) is 1. The molecule has 2 rings (SSSR count). The molecular weight excluding hydrogens is 474 g/mol. The van der Waals surface area contributed by atoms with Gasteiger partial charge >= 0.3 is 12.1 Å². The van der Waals surface area contributed by atoms with E-state index in [2.05, 4.69) is 0 Å². The maximum Gasteiger partial charge on any atom is 0.418 e. The number of rotatable bonds is 8. The van der Waals surface area contributed by atoms with E-state index in [1.54, 1.807) is 13.0 Å². The Morgan fingerprint density at radius 1 is 1.16 bits per heavy atom. The fourth-order valence-electron chi connectivity index (χ4n) is 2.56. The van der Waals surface area contributed by atoms with Crippen molar-refractivity contribution in [2.75, 3.05) is 25.6 Å². The molecule has 0 aromatic heterocycles. The van der Waals surface area contributed by atoms with E-state index in [0.29, 0.717) is 23.7 Å². The average Bonchev–Trinajstić information content (AvgIpc) is 2.71. The maximum atomic E-state index is 13.1. The predicted octanol–water partition coefficient (Wildman–Crippen LogP) is 5.61. The van der Waals surface area contributed by atoms with Crippen LogP contribution in [0, 0.1) is 0 Å². The monoisotopic (exact) mass is 491 g/mol. The van der Waals surface area contributed by atoms with Gasteiger partial charge in [0.15, 0.2) is 18.1 Å². The fraction of sp³-hybridized carbons (Fsp3) is 0.238. The molecule has 1 amide bonds. The van der Waals surface area contributed by atoms with E-state index in [1.807, 2.05) is 5.32 Å². The van der Waals surface area contributed by atoms with Crippen molar-refractivity contribution in [1.29, 1.82) is 0 Å². The molecule has 0 aliphatic heterocycles. The number of carbonyl (C=O) groups excluding carboxylic acids is 2. The van der Waals surface area contributed by atoms with Gasteiger partial charge in [0.25, 0.3) is 5.91 Å². The Balaban J connectivity index is 2.02. The summed E-state index contributed by atoms with van der Waals surface area (Å²) < 4.78 is 54.6. The third kappa shape index (κ3) is 6.80. The summed E-state index contributed by atoms with van der Waals surface area (Å²) in [5.41, 5.74) is -1.24. The lowest BCUT2D eigenvalue weighted by Gasteiger charge is -2.15. The molecule has 0 fully saturated rings. The second-order valence-corrected chi connectivity index (χ2v) is 6.93. The topological polar surface area (TPSA) is 73.9 Å². The second kappa shape index (κ2) is 11.1. The van der Waals surface area contributed by atoms with Crippen LogP contribution in [0.5, 0.6) is 11.5 Å². The highest BCUT2D eigenvalue weighted by Crippen LogP contribution is 2.38. The maximum absolute atomic E-state index is 13.1. The molecule has 2 aromatic rings. The zero-order chi connectivity index (χ0) is 23.9. The fourth-order valence-corrected chi connectivity index (χ4v) is 3.08. The van der Waals surface area contributed by atoms with Crippen molar-refractivity contribution in [2.45, 2.75) is 13.1 Å². The molecule has 0 saturated heterocycles. The van der Waals surface area contributed by atoms with Crippen molar-refractivity contribution >= 4 is 46.8 Å². The predicted molar refractivity (Wildman–Crippen MR) is 114 cm³/mol. The number of methoxy groups -OCH3 is 1. The molecule has 0 bridgehead atoms. The Kier molecular flexibility index (Phi) is 8.80. The van der Waals surface area contributed by atoms with Crippen LogP contribution in [0.4, 0.5) is 18.9 Å². The van der Waals surface area contributed by atoms with E-state index in [9.17, 15) is 22.8 Å². The number of para-hydroxylation sites is 1. The number of ether oxygens (including phenoxy) is 3. The van der Waals surface area contributed by atoms with Gasteiger partial charge in [-0.15, -0.1) is 0 Å². The molecule has 0 radical (unpaired) electrons. The Bertz CT molecular complexity index is 1030. The standard InChI is InChI=1S/C21H18Cl2F3NO5/c1-3-31-16-10-12(9-15(23)20(16)30-2)7-8-18(29)32-11-17(28)27-19-13(21(24,25)26)5-4-6-14(19)22/h4-10H,3,11H2,1-2H3,(H,27,28)/b8-7+. The van der Waals surface area contributed by atoms with E-state index < -0.39 is 35.9 Å². The Labute approximate surface area is 191 Å². The molecule has 6 nitrogen and oxygen atoms in total. The number of benzene rings is 2. The lowest BCUT2D eigenvalue weighted by atomic mass is 10.1. The minimum Gasteiger partial charge on any atom is -0.491 e. The van der Waals surface area contributed by atoms with E-state index in [0.717, 1.165) is 18.2 Å². The molecule has 0 aliphatic rings. The number of nitrogens with one attached hydrogen (secondary N) is 1. The summed E-state index contributed by atoms with van der Waals surface area (Å²) >= 11 is 11.9. The lowest BCUT2D eigenvalue weighted by Crippen LogP contribution is -2.22. The molecule has 0 spiro atoms. The molecule has 1 N–H and O–H groups in total. The van der Waals surface area contributed by atoms with Gasteiger partial charge in [-0.1, -0.05) is 29.3 Å². The molecule has 0 unspecified atom stereocenters. The molecule has 0 saturated carbocycles. The number of anilines is 1. The number of amides is 1. The van der Waals surface area contributed by atoms with E-state index in [4.69, 9.17) is 37.4 Å². The molecule has 172 valence electrons. The molecule has 11 heteroatoms. The van der Waals surface area contributed by atoms with Gasteiger partial charge in [-0.2, -0.15) is 13.2 Å². The van der Waals surface area contributed by atoms with Crippen LogP contribution in [0.25, 0.3) is 6.08 Å². The first kappa shape index (κ1) is 25.4. The van der Waals surface area contributed by atoms with E-state index in [-0.39, 0.29) is 10.0 Å². The normalized spacial score (nSPS) is 11.3. The van der Waals surface area contributed by atoms with Gasteiger partial charge in [-0.3, -0.25) is 4.79 Å². The molecule has 32 heavy (non-hydrogen) atoms. The van der Waals surface area contributed by atoms with Crippen LogP contribution >= 0.6 is 23.2 Å². The zero-order valence-electron chi connectivity index (χ0n) is 16.9. The zero-order valence-corrected chi connectivity index (χ0v) is 18.4. The SMILES string of the molecule is CCOc1cc(/C=C/C(=O)OCC(=O)Nc2c(Cl)cccc2C(F)(F)F)cc(Cl)c1OC. The summed E-state index contributed by atoms with van der Waals surface area (Å²) in [6.07, 6.45) is -2.34. The Morgan fingerprint density at radius 2 is 1.88 bits per heavy atom. The van der Waals surface area contributed by atoms with Crippen LogP contribution in [-0.4, -0.2) is 32.2 Å². The number of hydrogen-bond acceptors (Lipinski definition) is 5. The minimum atomic E-state index is -4.73. The molecule has 0 aliphatic carbocycles. The van der Waals surface area contributed by atoms with Crippen LogP contribution in [0.2, 0.25) is 10.0 Å². The average molecular weight is 492 g/mol. The number of esters is 1. The first-order chi connectivity index (χ1) is 15.1. The van der Waals surface area contributed by atoms with Crippen molar-refractivity contribution in [2.24, 2.45) is 0 Å². The van der Waals surface area contributed by atoms with Gasteiger partial charge in [0, 0.05) is 6.08 Å². The highest BCUT2D eigenvalue weighted by Gasteiger charge is 2.34. The van der Waals surface area contributed by atoms with Crippen molar-refractivity contribution < 1.29 is 37.0 Å². The Hall–Kier alpha value is -2.91. The third-order valence-electron chi connectivity index (χ3n) is 3.88. The minimum absolute atomic E-state index is 0.256. The van der Waals surface area contributed by atoms with E-state index in [1.165, 1.54) is 25.3 Å². The summed E-state index contributed by atoms with van der Waals surface area (Å²) in [6, 6.07) is 6.18. The van der Waals surface area contributed by atoms with Crippen LogP contribution in [0.1, 0.15) is 18.1 Å². The molecule has 2 aromatic carbocycles. The smallest absolute Gasteiger partial charge is 0.418 e. The lowest BCUT2D eigenvalue weighted by molar-refractivity contribution is -0.142. The van der Waals surface area contributed by atoms with Gasteiger partial charge in [0.1, 0.15) is 0 Å². The van der Waals surface area contributed by atoms with E-state index >= 15 is 0 Å². The van der Waals surface area contributed by atoms with Crippen molar-refractivity contribution in [3.05, 3.63) is 57.6 Å². The summed E-state index contributed by atoms with van der Waals surface area (Å²) in [6.45, 7) is 1.32. The summed E-state index contributed by atoms with van der Waals surface area (Å²) in [5, 5.41) is 1.97. The van der Waals surface area contributed by atoms with Crippen molar-refractivity contribution in [3.63, 3.8) is 0 Å². The number of carbonyl (C=O) groups is 2. The summed E-state index contributed by atoms with van der Waals surface area (Å²) in [7, 11) is 1.43. The second-order valence-electron chi connectivity index (χ2n) is 6.12. The molecule has 0 atom stereocenters. The number of alkyl halides is 3. The number of halogens is 5. The van der Waals surface area contributed by atoms with Gasteiger partial charge < -0.3 is 19.5 Å². The van der Waals surface area contributed by atoms with Crippen molar-refractivity contribution in [1.82, 2.24) is 0 Å². The quantitative estimate of drug-likeness (QED) is 0.383.